The van der Waals surface area contributed by atoms with Gasteiger partial charge in [0.25, 0.3) is 5.91 Å². The van der Waals surface area contributed by atoms with Crippen LogP contribution in [0, 0.1) is 0 Å². The van der Waals surface area contributed by atoms with Crippen molar-refractivity contribution in [3.05, 3.63) is 83.4 Å². The van der Waals surface area contributed by atoms with Crippen LogP contribution in [0.1, 0.15) is 21.5 Å². The van der Waals surface area contributed by atoms with E-state index in [1.54, 1.807) is 12.1 Å². The number of hydrogen-bond donors (Lipinski definition) is 0. The summed E-state index contributed by atoms with van der Waals surface area (Å²) in [6, 6.07) is 19.8. The van der Waals surface area contributed by atoms with Gasteiger partial charge in [0.2, 0.25) is 0 Å². The van der Waals surface area contributed by atoms with Crippen LogP contribution in [0.5, 0.6) is 0 Å². The van der Waals surface area contributed by atoms with E-state index in [0.717, 1.165) is 21.9 Å². The SMILES string of the molecule is COC(=O)[C@@H]1Cc2ccccc2CN1C(=O)COC(=O)c1ccc2ccccc2c1. The molecule has 6 nitrogen and oxygen atoms in total. The molecular formula is C24H21NO5. The summed E-state index contributed by atoms with van der Waals surface area (Å²) in [5.74, 6) is -1.51. The van der Waals surface area contributed by atoms with Gasteiger partial charge in [0, 0.05) is 13.0 Å². The minimum atomic E-state index is -0.739. The zero-order valence-corrected chi connectivity index (χ0v) is 16.5. The molecule has 1 aliphatic heterocycles. The number of amides is 1. The molecule has 3 aromatic carbocycles. The first kappa shape index (κ1) is 19.6. The van der Waals surface area contributed by atoms with Crippen molar-refractivity contribution in [3.8, 4) is 0 Å². The summed E-state index contributed by atoms with van der Waals surface area (Å²) in [7, 11) is 1.30. The zero-order chi connectivity index (χ0) is 21.1. The van der Waals surface area contributed by atoms with E-state index in [0.29, 0.717) is 12.0 Å². The molecule has 0 spiro atoms. The van der Waals surface area contributed by atoms with Gasteiger partial charge in [-0.1, -0.05) is 54.6 Å². The second-order valence-electron chi connectivity index (χ2n) is 7.17. The average Bonchev–Trinajstić information content (AvgIpc) is 2.80. The van der Waals surface area contributed by atoms with Gasteiger partial charge < -0.3 is 14.4 Å². The molecule has 0 saturated carbocycles. The number of nitrogens with zero attached hydrogens (tertiary/aromatic N) is 1. The molecule has 1 amide bonds. The molecule has 0 bridgehead atoms. The molecule has 152 valence electrons. The van der Waals surface area contributed by atoms with Gasteiger partial charge in [-0.15, -0.1) is 0 Å². The molecular weight excluding hydrogens is 382 g/mol. The standard InChI is InChI=1S/C24H21NO5/c1-29-24(28)21-13-18-8-4-5-9-20(18)14-25(21)22(26)15-30-23(27)19-11-10-16-6-2-3-7-17(16)12-19/h2-12,21H,13-15H2,1H3/t21-/m0/s1. The molecule has 0 aliphatic carbocycles. The Hall–Kier alpha value is -3.67. The minimum absolute atomic E-state index is 0.266. The summed E-state index contributed by atoms with van der Waals surface area (Å²) in [6.07, 6.45) is 0.368. The first-order chi connectivity index (χ1) is 14.6. The lowest BCUT2D eigenvalue weighted by Gasteiger charge is -2.35. The molecule has 0 fully saturated rings. The second-order valence-corrected chi connectivity index (χ2v) is 7.17. The number of esters is 2. The molecule has 0 saturated heterocycles. The van der Waals surface area contributed by atoms with E-state index in [1.807, 2.05) is 54.6 Å². The number of methoxy groups -OCH3 is 1. The number of carbonyl (C=O) groups is 3. The van der Waals surface area contributed by atoms with Crippen molar-refractivity contribution in [2.75, 3.05) is 13.7 Å². The van der Waals surface area contributed by atoms with E-state index in [1.165, 1.54) is 12.0 Å². The van der Waals surface area contributed by atoms with Crippen LogP contribution >= 0.6 is 0 Å². The van der Waals surface area contributed by atoms with Gasteiger partial charge in [0.05, 0.1) is 12.7 Å². The predicted octanol–water partition coefficient (Wildman–Crippen LogP) is 3.12. The van der Waals surface area contributed by atoms with Crippen LogP contribution in [0.2, 0.25) is 0 Å². The van der Waals surface area contributed by atoms with Crippen LogP contribution in [0.4, 0.5) is 0 Å². The minimum Gasteiger partial charge on any atom is -0.467 e. The van der Waals surface area contributed by atoms with Crippen LogP contribution in [-0.2, 0) is 32.0 Å². The smallest absolute Gasteiger partial charge is 0.338 e. The maximum atomic E-state index is 12.8. The van der Waals surface area contributed by atoms with E-state index in [-0.39, 0.29) is 6.54 Å². The molecule has 0 N–H and O–H groups in total. The maximum absolute atomic E-state index is 12.8. The van der Waals surface area contributed by atoms with Crippen LogP contribution in [0.15, 0.2) is 66.7 Å². The summed E-state index contributed by atoms with van der Waals surface area (Å²) in [4.78, 5) is 39.0. The molecule has 0 aromatic heterocycles. The van der Waals surface area contributed by atoms with Crippen molar-refractivity contribution in [3.63, 3.8) is 0 Å². The van der Waals surface area contributed by atoms with E-state index < -0.39 is 30.5 Å². The van der Waals surface area contributed by atoms with Gasteiger partial charge >= 0.3 is 11.9 Å². The quantitative estimate of drug-likeness (QED) is 0.626. The Bertz CT molecular complexity index is 1120. The number of rotatable bonds is 4. The van der Waals surface area contributed by atoms with Crippen LogP contribution in [0.3, 0.4) is 0 Å². The Labute approximate surface area is 174 Å². The fraction of sp³-hybridized carbons (Fsp3) is 0.208. The summed E-state index contributed by atoms with van der Waals surface area (Å²) in [5, 5.41) is 1.93. The van der Waals surface area contributed by atoms with Crippen molar-refractivity contribution in [2.45, 2.75) is 19.0 Å². The fourth-order valence-corrected chi connectivity index (χ4v) is 3.74. The van der Waals surface area contributed by atoms with E-state index in [2.05, 4.69) is 0 Å². The van der Waals surface area contributed by atoms with E-state index >= 15 is 0 Å². The number of benzene rings is 3. The summed E-state index contributed by atoms with van der Waals surface area (Å²) in [5.41, 5.74) is 2.34. The normalized spacial score (nSPS) is 15.4. The fourth-order valence-electron chi connectivity index (χ4n) is 3.74. The molecule has 30 heavy (non-hydrogen) atoms. The van der Waals surface area contributed by atoms with Gasteiger partial charge in [0.15, 0.2) is 6.61 Å². The lowest BCUT2D eigenvalue weighted by atomic mass is 9.94. The molecule has 6 heteroatoms. The van der Waals surface area contributed by atoms with Crippen molar-refractivity contribution in [2.24, 2.45) is 0 Å². The lowest BCUT2D eigenvalue weighted by Crippen LogP contribution is -2.50. The highest BCUT2D eigenvalue weighted by Crippen LogP contribution is 2.24. The number of hydrogen-bond acceptors (Lipinski definition) is 5. The molecule has 0 unspecified atom stereocenters. The molecule has 1 aliphatic rings. The topological polar surface area (TPSA) is 72.9 Å². The average molecular weight is 403 g/mol. The van der Waals surface area contributed by atoms with E-state index in [4.69, 9.17) is 9.47 Å². The zero-order valence-electron chi connectivity index (χ0n) is 16.5. The van der Waals surface area contributed by atoms with E-state index in [9.17, 15) is 14.4 Å². The van der Waals surface area contributed by atoms with Crippen molar-refractivity contribution >= 4 is 28.6 Å². The highest BCUT2D eigenvalue weighted by atomic mass is 16.5. The predicted molar refractivity (Wildman–Crippen MR) is 111 cm³/mol. The summed E-state index contributed by atoms with van der Waals surface area (Å²) in [6.45, 7) is -0.177. The van der Waals surface area contributed by atoms with Crippen molar-refractivity contribution in [1.82, 2.24) is 4.90 Å². The van der Waals surface area contributed by atoms with Crippen molar-refractivity contribution < 1.29 is 23.9 Å². The highest BCUT2D eigenvalue weighted by Gasteiger charge is 2.35. The Balaban J connectivity index is 1.47. The number of carbonyl (C=O) groups excluding carboxylic acids is 3. The van der Waals surface area contributed by atoms with Gasteiger partial charge in [-0.25, -0.2) is 9.59 Å². The first-order valence-corrected chi connectivity index (χ1v) is 9.67. The second kappa shape index (κ2) is 8.37. The Morgan fingerprint density at radius 3 is 2.40 bits per heavy atom. The molecule has 0 radical (unpaired) electrons. The third kappa shape index (κ3) is 3.89. The Kier molecular flexibility index (Phi) is 5.48. The highest BCUT2D eigenvalue weighted by molar-refractivity contribution is 5.96. The number of ether oxygens (including phenoxy) is 2. The molecule has 1 atom stereocenters. The molecule has 1 heterocycles. The Morgan fingerprint density at radius 1 is 0.933 bits per heavy atom. The van der Waals surface area contributed by atoms with Crippen LogP contribution in [0.25, 0.3) is 10.8 Å². The molecule has 3 aromatic rings. The van der Waals surface area contributed by atoms with Crippen molar-refractivity contribution in [1.29, 1.82) is 0 Å². The summed E-state index contributed by atoms with van der Waals surface area (Å²) >= 11 is 0. The lowest BCUT2D eigenvalue weighted by molar-refractivity contribution is -0.155. The van der Waals surface area contributed by atoms with Gasteiger partial charge in [-0.05, 0) is 34.0 Å². The van der Waals surface area contributed by atoms with Crippen LogP contribution in [-0.4, -0.2) is 42.5 Å². The van der Waals surface area contributed by atoms with Gasteiger partial charge in [-0.3, -0.25) is 4.79 Å². The summed E-state index contributed by atoms with van der Waals surface area (Å²) < 4.78 is 10.1. The monoisotopic (exact) mass is 403 g/mol. The number of fused-ring (bicyclic) bond motifs is 2. The van der Waals surface area contributed by atoms with Crippen LogP contribution < -0.4 is 0 Å². The van der Waals surface area contributed by atoms with Gasteiger partial charge in [-0.2, -0.15) is 0 Å². The third-order valence-corrected chi connectivity index (χ3v) is 5.35. The first-order valence-electron chi connectivity index (χ1n) is 9.67. The van der Waals surface area contributed by atoms with Gasteiger partial charge in [0.1, 0.15) is 6.04 Å². The Morgan fingerprint density at radius 2 is 1.63 bits per heavy atom. The largest absolute Gasteiger partial charge is 0.467 e. The maximum Gasteiger partial charge on any atom is 0.338 e. The third-order valence-electron chi connectivity index (χ3n) is 5.35. The molecule has 4 rings (SSSR count).